The highest BCUT2D eigenvalue weighted by molar-refractivity contribution is 5.71. The molecule has 27 heavy (non-hydrogen) atoms. The molecule has 1 aliphatic heterocycles. The number of fused-ring (bicyclic) bond motifs is 3. The molecule has 2 aromatic heterocycles. The molecule has 0 bridgehead atoms. The zero-order valence-electron chi connectivity index (χ0n) is 15.5. The van der Waals surface area contributed by atoms with E-state index in [-0.39, 0.29) is 5.92 Å². The molecule has 4 rings (SSSR count). The number of anilines is 1. The molecule has 0 amide bonds. The number of benzene rings is 1. The lowest BCUT2D eigenvalue weighted by atomic mass is 10.1. The van der Waals surface area contributed by atoms with Gasteiger partial charge in [0.1, 0.15) is 24.0 Å². The summed E-state index contributed by atoms with van der Waals surface area (Å²) in [6.07, 6.45) is 5.42. The van der Waals surface area contributed by atoms with Crippen molar-refractivity contribution in [3.05, 3.63) is 54.1 Å². The van der Waals surface area contributed by atoms with Gasteiger partial charge in [-0.05, 0) is 18.1 Å². The maximum atomic E-state index is 6.35. The lowest BCUT2D eigenvalue weighted by Gasteiger charge is -2.21. The van der Waals surface area contributed by atoms with Crippen LogP contribution in [-0.2, 0) is 6.42 Å². The SMILES string of the molecule is COc1ccc2c(c1)N(N)/C(=C\N)Cc1c(-c3nc(C(C)C)co3)ncn1-2. The number of hydrogen-bond acceptors (Lipinski definition) is 7. The number of nitrogens with two attached hydrogens (primary N) is 2. The molecule has 0 atom stereocenters. The number of hydrogen-bond donors (Lipinski definition) is 2. The van der Waals surface area contributed by atoms with E-state index < -0.39 is 0 Å². The Morgan fingerprint density at radius 2 is 2.11 bits per heavy atom. The Kier molecular flexibility index (Phi) is 4.12. The van der Waals surface area contributed by atoms with Crippen LogP contribution in [0.5, 0.6) is 5.75 Å². The van der Waals surface area contributed by atoms with Crippen LogP contribution in [0, 0.1) is 0 Å². The number of oxazole rings is 1. The maximum Gasteiger partial charge on any atom is 0.247 e. The molecule has 0 fully saturated rings. The largest absolute Gasteiger partial charge is 0.497 e. The summed E-state index contributed by atoms with van der Waals surface area (Å²) in [5, 5.41) is 1.57. The predicted octanol–water partition coefficient (Wildman–Crippen LogP) is 2.70. The van der Waals surface area contributed by atoms with Crippen molar-refractivity contribution in [2.75, 3.05) is 12.1 Å². The first-order valence-corrected chi connectivity index (χ1v) is 8.69. The Labute approximate surface area is 157 Å². The van der Waals surface area contributed by atoms with Crippen LogP contribution in [0.15, 0.2) is 47.1 Å². The van der Waals surface area contributed by atoms with Crippen molar-refractivity contribution in [3.63, 3.8) is 0 Å². The minimum absolute atomic E-state index is 0.274. The number of rotatable bonds is 3. The van der Waals surface area contributed by atoms with Gasteiger partial charge in [-0.3, -0.25) is 9.58 Å². The van der Waals surface area contributed by atoms with Crippen LogP contribution in [0.3, 0.4) is 0 Å². The fraction of sp³-hybridized carbons (Fsp3) is 0.263. The molecule has 0 saturated heterocycles. The molecule has 3 aromatic rings. The summed E-state index contributed by atoms with van der Waals surface area (Å²) in [4.78, 5) is 9.15. The van der Waals surface area contributed by atoms with Gasteiger partial charge in [0.2, 0.25) is 5.89 Å². The smallest absolute Gasteiger partial charge is 0.247 e. The van der Waals surface area contributed by atoms with Gasteiger partial charge in [0.05, 0.1) is 35.6 Å². The standard InChI is InChI=1S/C19H22N6O2/c1-11(2)14-9-27-19(23-14)18-17-6-12(8-20)25(21)16-7-13(26-3)4-5-15(16)24(17)10-22-18/h4-5,7-11H,6,20-21H2,1-3H3/b12-8-. The van der Waals surface area contributed by atoms with E-state index in [1.807, 2.05) is 22.8 Å². The first-order valence-electron chi connectivity index (χ1n) is 8.69. The summed E-state index contributed by atoms with van der Waals surface area (Å²) < 4.78 is 13.0. The van der Waals surface area contributed by atoms with Gasteiger partial charge in [-0.25, -0.2) is 15.8 Å². The third kappa shape index (κ3) is 2.74. The van der Waals surface area contributed by atoms with Gasteiger partial charge >= 0.3 is 0 Å². The second kappa shape index (κ2) is 6.48. The molecule has 0 aliphatic carbocycles. The van der Waals surface area contributed by atoms with Crippen LogP contribution in [0.1, 0.15) is 31.2 Å². The average Bonchev–Trinajstić information content (AvgIpc) is 3.29. The molecule has 1 aromatic carbocycles. The third-order valence-electron chi connectivity index (χ3n) is 4.73. The zero-order chi connectivity index (χ0) is 19.1. The van der Waals surface area contributed by atoms with Crippen molar-refractivity contribution in [1.29, 1.82) is 0 Å². The topological polar surface area (TPSA) is 108 Å². The van der Waals surface area contributed by atoms with E-state index in [9.17, 15) is 0 Å². The van der Waals surface area contributed by atoms with Gasteiger partial charge in [-0.1, -0.05) is 13.8 Å². The molecule has 4 N–H and O–H groups in total. The Bertz CT molecular complexity index is 1020. The van der Waals surface area contributed by atoms with E-state index >= 15 is 0 Å². The van der Waals surface area contributed by atoms with E-state index in [1.54, 1.807) is 24.7 Å². The maximum absolute atomic E-state index is 6.35. The quantitative estimate of drug-likeness (QED) is 0.686. The average molecular weight is 366 g/mol. The minimum Gasteiger partial charge on any atom is -0.497 e. The van der Waals surface area contributed by atoms with Crippen molar-refractivity contribution < 1.29 is 9.15 Å². The molecule has 0 radical (unpaired) electrons. The molecule has 0 unspecified atom stereocenters. The lowest BCUT2D eigenvalue weighted by molar-refractivity contribution is 0.415. The van der Waals surface area contributed by atoms with Gasteiger partial charge in [0.15, 0.2) is 0 Å². The lowest BCUT2D eigenvalue weighted by Crippen LogP contribution is -2.31. The molecule has 140 valence electrons. The Morgan fingerprint density at radius 1 is 1.30 bits per heavy atom. The molecule has 0 saturated carbocycles. The molecular weight excluding hydrogens is 344 g/mol. The Balaban J connectivity index is 1.90. The number of methoxy groups -OCH3 is 1. The van der Waals surface area contributed by atoms with E-state index in [4.69, 9.17) is 20.7 Å². The van der Waals surface area contributed by atoms with Crippen LogP contribution < -0.4 is 21.3 Å². The summed E-state index contributed by atoms with van der Waals surface area (Å²) in [6.45, 7) is 4.14. The highest BCUT2D eigenvalue weighted by atomic mass is 16.5. The van der Waals surface area contributed by atoms with Crippen LogP contribution in [0.25, 0.3) is 17.3 Å². The van der Waals surface area contributed by atoms with Gasteiger partial charge < -0.3 is 14.9 Å². The number of ether oxygens (including phenoxy) is 1. The van der Waals surface area contributed by atoms with Crippen LogP contribution >= 0.6 is 0 Å². The second-order valence-electron chi connectivity index (χ2n) is 6.70. The van der Waals surface area contributed by atoms with Gasteiger partial charge in [0, 0.05) is 18.7 Å². The van der Waals surface area contributed by atoms with Crippen LogP contribution in [-0.4, -0.2) is 21.6 Å². The van der Waals surface area contributed by atoms with Crippen molar-refractivity contribution in [3.8, 4) is 23.0 Å². The van der Waals surface area contributed by atoms with Crippen LogP contribution in [0.2, 0.25) is 0 Å². The van der Waals surface area contributed by atoms with Crippen molar-refractivity contribution in [1.82, 2.24) is 14.5 Å². The molecule has 8 heteroatoms. The molecule has 1 aliphatic rings. The minimum atomic E-state index is 0.274. The van der Waals surface area contributed by atoms with E-state index in [0.717, 1.165) is 28.5 Å². The highest BCUT2D eigenvalue weighted by Gasteiger charge is 2.27. The van der Waals surface area contributed by atoms with E-state index in [1.165, 1.54) is 6.20 Å². The van der Waals surface area contributed by atoms with E-state index in [0.29, 0.717) is 23.8 Å². The van der Waals surface area contributed by atoms with Crippen LogP contribution in [0.4, 0.5) is 5.69 Å². The van der Waals surface area contributed by atoms with E-state index in [2.05, 4.69) is 23.8 Å². The molecule has 8 nitrogen and oxygen atoms in total. The number of imidazole rings is 1. The van der Waals surface area contributed by atoms with Gasteiger partial charge in [-0.2, -0.15) is 0 Å². The van der Waals surface area contributed by atoms with Gasteiger partial charge in [-0.15, -0.1) is 0 Å². The van der Waals surface area contributed by atoms with Crippen molar-refractivity contribution >= 4 is 5.69 Å². The first kappa shape index (κ1) is 17.2. The number of allylic oxidation sites excluding steroid dienone is 1. The summed E-state index contributed by atoms with van der Waals surface area (Å²) in [5.74, 6) is 7.82. The summed E-state index contributed by atoms with van der Waals surface area (Å²) in [5.41, 5.74) is 10.7. The molecule has 3 heterocycles. The Morgan fingerprint density at radius 3 is 2.78 bits per heavy atom. The molecule has 0 spiro atoms. The fourth-order valence-corrected chi connectivity index (χ4v) is 3.17. The number of hydrazine groups is 1. The predicted molar refractivity (Wildman–Crippen MR) is 102 cm³/mol. The Hall–Kier alpha value is -3.26. The highest BCUT2D eigenvalue weighted by Crippen LogP contribution is 2.37. The van der Waals surface area contributed by atoms with Gasteiger partial charge in [0.25, 0.3) is 0 Å². The van der Waals surface area contributed by atoms with Crippen molar-refractivity contribution in [2.45, 2.75) is 26.2 Å². The fourth-order valence-electron chi connectivity index (χ4n) is 3.17. The number of aromatic nitrogens is 3. The number of nitrogens with zero attached hydrogens (tertiary/aromatic N) is 4. The zero-order valence-corrected chi connectivity index (χ0v) is 15.5. The summed E-state index contributed by atoms with van der Waals surface area (Å²) >= 11 is 0. The first-order chi connectivity index (χ1) is 13.0. The summed E-state index contributed by atoms with van der Waals surface area (Å²) in [6, 6.07) is 5.70. The molecular formula is C19H22N6O2. The van der Waals surface area contributed by atoms with Crippen molar-refractivity contribution in [2.24, 2.45) is 11.6 Å². The second-order valence-corrected chi connectivity index (χ2v) is 6.70. The third-order valence-corrected chi connectivity index (χ3v) is 4.73. The summed E-state index contributed by atoms with van der Waals surface area (Å²) in [7, 11) is 1.62. The normalized spacial score (nSPS) is 15.0. The monoisotopic (exact) mass is 366 g/mol.